The maximum absolute atomic E-state index is 11.6. The number of carbonyl (C=O) groups excluding carboxylic acids is 1. The first-order valence-corrected chi connectivity index (χ1v) is 6.54. The van der Waals surface area contributed by atoms with E-state index in [0.29, 0.717) is 17.9 Å². The number of aryl methyl sites for hydroxylation is 1. The molecule has 1 aromatic heterocycles. The first-order chi connectivity index (χ1) is 9.11. The zero-order chi connectivity index (χ0) is 13.8. The summed E-state index contributed by atoms with van der Waals surface area (Å²) < 4.78 is 10.6. The van der Waals surface area contributed by atoms with Gasteiger partial charge in [-0.3, -0.25) is 0 Å². The number of nitrogens with zero attached hydrogens (tertiary/aromatic N) is 2. The van der Waals surface area contributed by atoms with Gasteiger partial charge in [-0.2, -0.15) is 4.98 Å². The Bertz CT molecular complexity index is 464. The Kier molecular flexibility index (Phi) is 4.31. The molecule has 2 unspecified atom stereocenters. The first-order valence-electron chi connectivity index (χ1n) is 6.54. The second-order valence-electron chi connectivity index (χ2n) is 4.62. The summed E-state index contributed by atoms with van der Waals surface area (Å²) in [4.78, 5) is 19.8. The lowest BCUT2D eigenvalue weighted by atomic mass is 10.2. The van der Waals surface area contributed by atoms with E-state index >= 15 is 0 Å². The monoisotopic (exact) mass is 265 g/mol. The molecule has 1 aliphatic carbocycles. The molecule has 6 heteroatoms. The lowest BCUT2D eigenvalue weighted by Gasteiger charge is -2.16. The summed E-state index contributed by atoms with van der Waals surface area (Å²) in [6.07, 6.45) is 4.35. The highest BCUT2D eigenvalue weighted by Gasteiger charge is 2.26. The average molecular weight is 265 g/mol. The van der Waals surface area contributed by atoms with Crippen molar-refractivity contribution in [2.45, 2.75) is 45.3 Å². The van der Waals surface area contributed by atoms with Crippen LogP contribution in [0.25, 0.3) is 0 Å². The molecule has 2 rings (SSSR count). The summed E-state index contributed by atoms with van der Waals surface area (Å²) in [6, 6.07) is 0.307. The van der Waals surface area contributed by atoms with Crippen molar-refractivity contribution in [3.63, 3.8) is 0 Å². The fourth-order valence-electron chi connectivity index (χ4n) is 2.15. The minimum atomic E-state index is -0.413. The van der Waals surface area contributed by atoms with Crippen molar-refractivity contribution in [2.75, 3.05) is 6.61 Å². The lowest BCUT2D eigenvalue weighted by molar-refractivity contribution is 0.0524. The fraction of sp³-hybridized carbons (Fsp3) is 0.615. The summed E-state index contributed by atoms with van der Waals surface area (Å²) >= 11 is 0. The molecule has 0 saturated heterocycles. The highest BCUT2D eigenvalue weighted by molar-refractivity contribution is 5.90. The quantitative estimate of drug-likeness (QED) is 0.824. The Balaban J connectivity index is 2.08. The minimum absolute atomic E-state index is 0.0344. The van der Waals surface area contributed by atoms with Crippen LogP contribution in [0.1, 0.15) is 42.2 Å². The Hall–Kier alpha value is -1.69. The zero-order valence-electron chi connectivity index (χ0n) is 11.3. The molecule has 1 aromatic rings. The molecule has 0 spiro atoms. The maximum Gasteiger partial charge on any atom is 0.341 e. The van der Waals surface area contributed by atoms with Gasteiger partial charge in [0.1, 0.15) is 6.10 Å². The van der Waals surface area contributed by atoms with Crippen molar-refractivity contribution in [1.29, 1.82) is 0 Å². The SMILES string of the molecule is CCOC(=O)c1cnc(OC2CCCC2N)nc1C. The van der Waals surface area contributed by atoms with Gasteiger partial charge < -0.3 is 15.2 Å². The predicted octanol–water partition coefficient (Wildman–Crippen LogP) is 1.22. The van der Waals surface area contributed by atoms with Gasteiger partial charge in [-0.05, 0) is 33.1 Å². The van der Waals surface area contributed by atoms with Crippen molar-refractivity contribution in [1.82, 2.24) is 9.97 Å². The molecule has 1 aliphatic rings. The number of aromatic nitrogens is 2. The lowest BCUT2D eigenvalue weighted by Crippen LogP contribution is -2.34. The van der Waals surface area contributed by atoms with Crippen LogP contribution in [0.2, 0.25) is 0 Å². The molecule has 19 heavy (non-hydrogen) atoms. The first kappa shape index (κ1) is 13.7. The third kappa shape index (κ3) is 3.20. The molecule has 6 nitrogen and oxygen atoms in total. The van der Waals surface area contributed by atoms with Crippen LogP contribution >= 0.6 is 0 Å². The van der Waals surface area contributed by atoms with Crippen LogP contribution in [0.5, 0.6) is 6.01 Å². The van der Waals surface area contributed by atoms with Crippen molar-refractivity contribution in [2.24, 2.45) is 5.73 Å². The van der Waals surface area contributed by atoms with Gasteiger partial charge in [-0.15, -0.1) is 0 Å². The van der Waals surface area contributed by atoms with E-state index in [1.54, 1.807) is 13.8 Å². The number of carbonyl (C=O) groups is 1. The summed E-state index contributed by atoms with van der Waals surface area (Å²) in [5.41, 5.74) is 6.84. The maximum atomic E-state index is 11.6. The number of esters is 1. The van der Waals surface area contributed by atoms with Crippen LogP contribution in [0.4, 0.5) is 0 Å². The van der Waals surface area contributed by atoms with Crippen LogP contribution in [0.15, 0.2) is 6.20 Å². The number of ether oxygens (including phenoxy) is 2. The van der Waals surface area contributed by atoms with Crippen molar-refractivity contribution < 1.29 is 14.3 Å². The van der Waals surface area contributed by atoms with Gasteiger partial charge >= 0.3 is 12.0 Å². The van der Waals surface area contributed by atoms with Gasteiger partial charge in [0.05, 0.1) is 17.9 Å². The number of nitrogens with two attached hydrogens (primary N) is 1. The number of rotatable bonds is 4. The molecule has 0 amide bonds. The van der Waals surface area contributed by atoms with Gasteiger partial charge in [0.25, 0.3) is 0 Å². The molecule has 104 valence electrons. The number of hydrogen-bond acceptors (Lipinski definition) is 6. The molecule has 0 radical (unpaired) electrons. The van der Waals surface area contributed by atoms with Gasteiger partial charge in [-0.25, -0.2) is 9.78 Å². The molecule has 1 fully saturated rings. The Morgan fingerprint density at radius 2 is 2.32 bits per heavy atom. The standard InChI is InChI=1S/C13H19N3O3/c1-3-18-12(17)9-7-15-13(16-8(9)2)19-11-6-4-5-10(11)14/h7,10-11H,3-6,14H2,1-2H3. The van der Waals surface area contributed by atoms with Gasteiger partial charge in [-0.1, -0.05) is 0 Å². The summed E-state index contributed by atoms with van der Waals surface area (Å²) in [5, 5.41) is 0. The smallest absolute Gasteiger partial charge is 0.341 e. The largest absolute Gasteiger partial charge is 0.462 e. The van der Waals surface area contributed by atoms with E-state index in [1.165, 1.54) is 6.20 Å². The van der Waals surface area contributed by atoms with Crippen molar-refractivity contribution in [3.8, 4) is 6.01 Å². The van der Waals surface area contributed by atoms with E-state index in [0.717, 1.165) is 19.3 Å². The van der Waals surface area contributed by atoms with E-state index in [-0.39, 0.29) is 18.2 Å². The molecule has 0 aromatic carbocycles. The van der Waals surface area contributed by atoms with Gasteiger partial charge in [0.2, 0.25) is 0 Å². The molecule has 2 N–H and O–H groups in total. The molecule has 0 aliphatic heterocycles. The highest BCUT2D eigenvalue weighted by atomic mass is 16.5. The summed E-state index contributed by atoms with van der Waals surface area (Å²) in [7, 11) is 0. The van der Waals surface area contributed by atoms with Crippen LogP contribution < -0.4 is 10.5 Å². The normalized spacial score (nSPS) is 22.3. The van der Waals surface area contributed by atoms with E-state index in [1.807, 2.05) is 0 Å². The molecule has 2 atom stereocenters. The summed E-state index contributed by atoms with van der Waals surface area (Å²) in [5.74, 6) is -0.413. The van der Waals surface area contributed by atoms with Gasteiger partial charge in [0, 0.05) is 12.2 Å². The zero-order valence-corrected chi connectivity index (χ0v) is 11.3. The Morgan fingerprint density at radius 1 is 1.53 bits per heavy atom. The molecule has 1 heterocycles. The summed E-state index contributed by atoms with van der Waals surface area (Å²) in [6.45, 7) is 3.82. The predicted molar refractivity (Wildman–Crippen MR) is 69.0 cm³/mol. The average Bonchev–Trinajstić information content (AvgIpc) is 2.75. The van der Waals surface area contributed by atoms with Crippen molar-refractivity contribution in [3.05, 3.63) is 17.5 Å². The van der Waals surface area contributed by atoms with Crippen molar-refractivity contribution >= 4 is 5.97 Å². The third-order valence-corrected chi connectivity index (χ3v) is 3.21. The third-order valence-electron chi connectivity index (χ3n) is 3.21. The second-order valence-corrected chi connectivity index (χ2v) is 4.62. The van der Waals surface area contributed by atoms with Gasteiger partial charge in [0.15, 0.2) is 0 Å². The molecule has 0 bridgehead atoms. The molecule has 1 saturated carbocycles. The van der Waals surface area contributed by atoms with Crippen LogP contribution in [-0.2, 0) is 4.74 Å². The molecular formula is C13H19N3O3. The topological polar surface area (TPSA) is 87.3 Å². The van der Waals surface area contributed by atoms with E-state index < -0.39 is 5.97 Å². The fourth-order valence-corrected chi connectivity index (χ4v) is 2.15. The van der Waals surface area contributed by atoms with Crippen LogP contribution in [-0.4, -0.2) is 34.7 Å². The Morgan fingerprint density at radius 3 is 2.89 bits per heavy atom. The van der Waals surface area contributed by atoms with Crippen LogP contribution in [0.3, 0.4) is 0 Å². The number of hydrogen-bond donors (Lipinski definition) is 1. The van der Waals surface area contributed by atoms with E-state index in [4.69, 9.17) is 15.2 Å². The van der Waals surface area contributed by atoms with E-state index in [9.17, 15) is 4.79 Å². The highest BCUT2D eigenvalue weighted by Crippen LogP contribution is 2.22. The Labute approximate surface area is 112 Å². The van der Waals surface area contributed by atoms with E-state index in [2.05, 4.69) is 9.97 Å². The van der Waals surface area contributed by atoms with Crippen LogP contribution in [0, 0.1) is 6.92 Å². The minimum Gasteiger partial charge on any atom is -0.462 e. The molecular weight excluding hydrogens is 246 g/mol. The second kappa shape index (κ2) is 5.97.